The second-order valence-electron chi connectivity index (χ2n) is 5.84. The number of nitro groups is 1. The maximum atomic E-state index is 12.6. The standard InChI is InChI=1S/C15H16ClN3O4/c16-10-4-1-2-6-12(10)18-7-3-5-11(15(18)21)17-14(20)9-8-13(9)19(22)23/h1-2,4,6,9,11,13H,3,5,7-8H2,(H,17,20)/t9-,11+,13+/m0/s1. The van der Waals surface area contributed by atoms with Crippen molar-refractivity contribution in [1.82, 2.24) is 5.32 Å². The first-order chi connectivity index (χ1) is 11.0. The number of hydrogen-bond donors (Lipinski definition) is 1. The lowest BCUT2D eigenvalue weighted by Gasteiger charge is -2.33. The molecule has 1 N–H and O–H groups in total. The first kappa shape index (κ1) is 15.7. The fourth-order valence-electron chi connectivity index (χ4n) is 2.89. The van der Waals surface area contributed by atoms with E-state index in [1.165, 1.54) is 0 Å². The number of halogens is 1. The second kappa shape index (κ2) is 6.16. The maximum Gasteiger partial charge on any atom is 0.249 e. The molecule has 2 amide bonds. The number of para-hydroxylation sites is 1. The molecular formula is C15H16ClN3O4. The van der Waals surface area contributed by atoms with Crippen LogP contribution in [-0.2, 0) is 9.59 Å². The summed E-state index contributed by atoms with van der Waals surface area (Å²) in [5, 5.41) is 13.8. The van der Waals surface area contributed by atoms with E-state index in [2.05, 4.69) is 5.32 Å². The number of nitrogens with zero attached hydrogens (tertiary/aromatic N) is 2. The van der Waals surface area contributed by atoms with Crippen molar-refractivity contribution in [2.24, 2.45) is 5.92 Å². The minimum atomic E-state index is -0.812. The van der Waals surface area contributed by atoms with E-state index >= 15 is 0 Å². The van der Waals surface area contributed by atoms with Crippen LogP contribution in [0.3, 0.4) is 0 Å². The van der Waals surface area contributed by atoms with Crippen molar-refractivity contribution in [1.29, 1.82) is 0 Å². The molecule has 1 saturated carbocycles. The van der Waals surface area contributed by atoms with E-state index in [9.17, 15) is 19.7 Å². The molecule has 0 unspecified atom stereocenters. The zero-order chi connectivity index (χ0) is 16.6. The molecule has 1 aliphatic carbocycles. The van der Waals surface area contributed by atoms with E-state index < -0.39 is 28.8 Å². The smallest absolute Gasteiger partial charge is 0.249 e. The topological polar surface area (TPSA) is 92.6 Å². The highest BCUT2D eigenvalue weighted by Gasteiger charge is 2.54. The predicted octanol–water partition coefficient (Wildman–Crippen LogP) is 1.62. The van der Waals surface area contributed by atoms with Crippen molar-refractivity contribution >= 4 is 29.1 Å². The Morgan fingerprint density at radius 2 is 2.13 bits per heavy atom. The molecule has 3 rings (SSSR count). The number of amides is 2. The van der Waals surface area contributed by atoms with E-state index in [4.69, 9.17) is 11.6 Å². The molecule has 0 radical (unpaired) electrons. The minimum Gasteiger partial charge on any atom is -0.344 e. The van der Waals surface area contributed by atoms with Crippen LogP contribution < -0.4 is 10.2 Å². The van der Waals surface area contributed by atoms with Crippen molar-refractivity contribution in [3.05, 3.63) is 39.4 Å². The monoisotopic (exact) mass is 337 g/mol. The Balaban J connectivity index is 1.67. The Kier molecular flexibility index (Phi) is 4.21. The highest BCUT2D eigenvalue weighted by atomic mass is 35.5. The quantitative estimate of drug-likeness (QED) is 0.667. The third-order valence-corrected chi connectivity index (χ3v) is 4.58. The van der Waals surface area contributed by atoms with Crippen LogP contribution in [0.1, 0.15) is 19.3 Å². The summed E-state index contributed by atoms with van der Waals surface area (Å²) in [6, 6.07) is 5.58. The predicted molar refractivity (Wildman–Crippen MR) is 83.9 cm³/mol. The van der Waals surface area contributed by atoms with Crippen LogP contribution in [0.15, 0.2) is 24.3 Å². The Hall–Kier alpha value is -2.15. The van der Waals surface area contributed by atoms with E-state index in [-0.39, 0.29) is 12.3 Å². The summed E-state index contributed by atoms with van der Waals surface area (Å²) >= 11 is 6.13. The number of rotatable bonds is 4. The molecule has 122 valence electrons. The second-order valence-corrected chi connectivity index (χ2v) is 6.25. The van der Waals surface area contributed by atoms with Crippen molar-refractivity contribution in [3.63, 3.8) is 0 Å². The van der Waals surface area contributed by atoms with Gasteiger partial charge in [-0.05, 0) is 25.0 Å². The molecule has 8 heteroatoms. The van der Waals surface area contributed by atoms with Crippen LogP contribution in [0.25, 0.3) is 0 Å². The first-order valence-corrected chi connectivity index (χ1v) is 7.86. The number of hydrogen-bond acceptors (Lipinski definition) is 4. The highest BCUT2D eigenvalue weighted by Crippen LogP contribution is 2.34. The Morgan fingerprint density at radius 3 is 2.78 bits per heavy atom. The first-order valence-electron chi connectivity index (χ1n) is 7.49. The molecule has 1 aromatic rings. The normalized spacial score (nSPS) is 26.7. The zero-order valence-electron chi connectivity index (χ0n) is 12.3. The van der Waals surface area contributed by atoms with Gasteiger partial charge in [-0.1, -0.05) is 23.7 Å². The lowest BCUT2D eigenvalue weighted by atomic mass is 10.0. The number of benzene rings is 1. The average Bonchev–Trinajstić information content (AvgIpc) is 3.31. The molecule has 1 saturated heterocycles. The van der Waals surface area contributed by atoms with E-state index in [0.717, 1.165) is 6.42 Å². The Labute approximate surface area is 137 Å². The average molecular weight is 338 g/mol. The van der Waals surface area contributed by atoms with E-state index in [0.29, 0.717) is 23.7 Å². The molecule has 23 heavy (non-hydrogen) atoms. The summed E-state index contributed by atoms with van der Waals surface area (Å²) in [5.74, 6) is -1.25. The third-order valence-electron chi connectivity index (χ3n) is 4.26. The molecule has 3 atom stereocenters. The van der Waals surface area contributed by atoms with Gasteiger partial charge in [0.15, 0.2) is 0 Å². The van der Waals surface area contributed by atoms with Gasteiger partial charge in [-0.25, -0.2) is 0 Å². The van der Waals surface area contributed by atoms with Crippen LogP contribution in [0.4, 0.5) is 5.69 Å². The summed E-state index contributed by atoms with van der Waals surface area (Å²) in [5.41, 5.74) is 0.618. The molecule has 1 aliphatic heterocycles. The summed E-state index contributed by atoms with van der Waals surface area (Å²) in [6.45, 7) is 0.538. The summed E-state index contributed by atoms with van der Waals surface area (Å²) in [7, 11) is 0. The minimum absolute atomic E-state index is 0.226. The fourth-order valence-corrected chi connectivity index (χ4v) is 3.13. The molecule has 0 spiro atoms. The van der Waals surface area contributed by atoms with Gasteiger partial charge in [0, 0.05) is 17.9 Å². The van der Waals surface area contributed by atoms with Gasteiger partial charge in [-0.3, -0.25) is 19.7 Å². The third kappa shape index (κ3) is 3.14. The Morgan fingerprint density at radius 1 is 1.39 bits per heavy atom. The molecule has 0 bridgehead atoms. The number of nitrogens with one attached hydrogen (secondary N) is 1. The van der Waals surface area contributed by atoms with Crippen molar-refractivity contribution in [2.45, 2.75) is 31.3 Å². The summed E-state index contributed by atoms with van der Waals surface area (Å²) < 4.78 is 0. The summed E-state index contributed by atoms with van der Waals surface area (Å²) in [6.07, 6.45) is 1.50. The van der Waals surface area contributed by atoms with Gasteiger partial charge >= 0.3 is 0 Å². The molecule has 1 aromatic carbocycles. The number of piperidine rings is 1. The fraction of sp³-hybridized carbons (Fsp3) is 0.467. The molecular weight excluding hydrogens is 322 g/mol. The van der Waals surface area contributed by atoms with E-state index in [1.54, 1.807) is 29.2 Å². The van der Waals surface area contributed by atoms with Gasteiger partial charge in [0.2, 0.25) is 17.9 Å². The SMILES string of the molecule is O=C(N[C@@H]1CCCN(c2ccccc2Cl)C1=O)[C@H]1C[C@H]1[N+](=O)[O-]. The lowest BCUT2D eigenvalue weighted by molar-refractivity contribution is -0.497. The van der Waals surface area contributed by atoms with Crippen LogP contribution in [0.5, 0.6) is 0 Å². The number of carbonyl (C=O) groups is 2. The molecule has 2 aliphatic rings. The van der Waals surface area contributed by atoms with Gasteiger partial charge in [0.1, 0.15) is 12.0 Å². The zero-order valence-corrected chi connectivity index (χ0v) is 13.0. The van der Waals surface area contributed by atoms with Crippen molar-refractivity contribution in [2.75, 3.05) is 11.4 Å². The Bertz CT molecular complexity index is 666. The van der Waals surface area contributed by atoms with Gasteiger partial charge in [0.05, 0.1) is 10.7 Å². The van der Waals surface area contributed by atoms with Gasteiger partial charge in [-0.15, -0.1) is 0 Å². The van der Waals surface area contributed by atoms with Crippen molar-refractivity contribution in [3.8, 4) is 0 Å². The van der Waals surface area contributed by atoms with E-state index in [1.807, 2.05) is 0 Å². The molecule has 0 aromatic heterocycles. The lowest BCUT2D eigenvalue weighted by Crippen LogP contribution is -2.53. The highest BCUT2D eigenvalue weighted by molar-refractivity contribution is 6.33. The van der Waals surface area contributed by atoms with Gasteiger partial charge in [-0.2, -0.15) is 0 Å². The number of anilines is 1. The van der Waals surface area contributed by atoms with Crippen LogP contribution in [0, 0.1) is 16.0 Å². The van der Waals surface area contributed by atoms with Gasteiger partial charge in [0.25, 0.3) is 0 Å². The van der Waals surface area contributed by atoms with Crippen LogP contribution >= 0.6 is 11.6 Å². The van der Waals surface area contributed by atoms with Crippen molar-refractivity contribution < 1.29 is 14.5 Å². The number of carbonyl (C=O) groups excluding carboxylic acids is 2. The largest absolute Gasteiger partial charge is 0.344 e. The maximum absolute atomic E-state index is 12.6. The molecule has 7 nitrogen and oxygen atoms in total. The van der Waals surface area contributed by atoms with Crippen LogP contribution in [0.2, 0.25) is 5.02 Å². The molecule has 2 fully saturated rings. The van der Waals surface area contributed by atoms with Crippen LogP contribution in [-0.4, -0.2) is 35.4 Å². The summed E-state index contributed by atoms with van der Waals surface area (Å²) in [4.78, 5) is 36.4. The molecule has 1 heterocycles. The van der Waals surface area contributed by atoms with Gasteiger partial charge < -0.3 is 10.2 Å².